The van der Waals surface area contributed by atoms with Crippen LogP contribution in [0.5, 0.6) is 11.5 Å². The molecule has 0 fully saturated rings. The third-order valence-electron chi connectivity index (χ3n) is 6.59. The normalized spacial score (nSPS) is 14.3. The van der Waals surface area contributed by atoms with Gasteiger partial charge in [-0.05, 0) is 63.2 Å². The van der Waals surface area contributed by atoms with Crippen LogP contribution in [0.15, 0.2) is 78.9 Å². The highest BCUT2D eigenvalue weighted by Gasteiger charge is 2.35. The summed E-state index contributed by atoms with van der Waals surface area (Å²) in [7, 11) is -4.20. The Bertz CT molecular complexity index is 1800. The quantitative estimate of drug-likeness (QED) is 0.0831. The van der Waals surface area contributed by atoms with Crippen molar-refractivity contribution < 1.29 is 27.9 Å². The zero-order valence-electron chi connectivity index (χ0n) is 24.5. The first-order valence-electron chi connectivity index (χ1n) is 14.0. The van der Waals surface area contributed by atoms with Crippen molar-refractivity contribution in [3.8, 4) is 11.5 Å². The number of halogens is 1. The summed E-state index contributed by atoms with van der Waals surface area (Å²) in [6.45, 7) is 6.05. The minimum absolute atomic E-state index is 0.199. The number of nitrogens with one attached hydrogen (secondary N) is 1. The number of esters is 1. The Balaban J connectivity index is 1.45. The van der Waals surface area contributed by atoms with Crippen molar-refractivity contribution in [2.24, 2.45) is 0 Å². The number of hydrogen-bond donors (Lipinski definition) is 2. The number of carbonyl (C=O) groups is 1. The van der Waals surface area contributed by atoms with E-state index in [0.717, 1.165) is 10.9 Å². The number of hydrogen-bond acceptors (Lipinski definition) is 9. The van der Waals surface area contributed by atoms with Crippen LogP contribution in [0.25, 0.3) is 21.9 Å². The van der Waals surface area contributed by atoms with Crippen LogP contribution in [0.3, 0.4) is 0 Å². The number of pyridine rings is 1. The second kappa shape index (κ2) is 13.8. The summed E-state index contributed by atoms with van der Waals surface area (Å²) in [5, 5.41) is 4.05. The van der Waals surface area contributed by atoms with Crippen molar-refractivity contribution in [2.75, 3.05) is 12.3 Å². The fraction of sp³-hybridized carbons (Fsp3) is 0.258. The molecule has 13 heteroatoms. The molecular weight excluding hydrogens is 605 g/mol. The van der Waals surface area contributed by atoms with Gasteiger partial charge in [-0.25, -0.2) is 19.3 Å². The first kappa shape index (κ1) is 31.4. The summed E-state index contributed by atoms with van der Waals surface area (Å²) < 4.78 is 39.3. The maximum Gasteiger partial charge on any atom is 0.459 e. The summed E-state index contributed by atoms with van der Waals surface area (Å²) in [4.78, 5) is 22.2. The fourth-order valence-corrected chi connectivity index (χ4v) is 6.43. The van der Waals surface area contributed by atoms with Gasteiger partial charge < -0.3 is 24.3 Å². The highest BCUT2D eigenvalue weighted by Crippen LogP contribution is 2.46. The van der Waals surface area contributed by atoms with Crippen molar-refractivity contribution in [2.45, 2.75) is 46.1 Å². The zero-order chi connectivity index (χ0) is 31.3. The number of fused-ring (bicyclic) bond motifs is 3. The number of nitrogens with zero attached hydrogens (tertiary/aromatic N) is 3. The molecule has 3 aromatic carbocycles. The van der Waals surface area contributed by atoms with Crippen LogP contribution in [0.4, 0.5) is 5.82 Å². The van der Waals surface area contributed by atoms with E-state index in [-0.39, 0.29) is 24.7 Å². The van der Waals surface area contributed by atoms with Gasteiger partial charge in [-0.1, -0.05) is 48.0 Å². The van der Waals surface area contributed by atoms with Crippen LogP contribution >= 0.6 is 19.3 Å². The van der Waals surface area contributed by atoms with Gasteiger partial charge >= 0.3 is 13.7 Å². The fourth-order valence-electron chi connectivity index (χ4n) is 4.63. The second-order valence-electron chi connectivity index (χ2n) is 10.0. The van der Waals surface area contributed by atoms with Crippen molar-refractivity contribution in [3.63, 3.8) is 0 Å². The topological polar surface area (TPSA) is 140 Å². The summed E-state index contributed by atoms with van der Waals surface area (Å²) in [5.74, 6) is 0.803. The monoisotopic (exact) mass is 637 g/mol. The molecule has 230 valence electrons. The van der Waals surface area contributed by atoms with Crippen LogP contribution in [0, 0.1) is 0 Å². The van der Waals surface area contributed by atoms with Gasteiger partial charge in [0.25, 0.3) is 0 Å². The molecule has 3 N–H and O–H groups in total. The Labute approximate surface area is 259 Å². The Morgan fingerprint density at radius 1 is 1.00 bits per heavy atom. The lowest BCUT2D eigenvalue weighted by Crippen LogP contribution is -2.37. The van der Waals surface area contributed by atoms with Crippen molar-refractivity contribution in [3.05, 3.63) is 89.7 Å². The number of benzene rings is 3. The molecular formula is C31H33ClN5O6P. The number of imidazole rings is 1. The lowest BCUT2D eigenvalue weighted by atomic mass is 10.2. The molecule has 0 spiro atoms. The molecule has 1 unspecified atom stereocenters. The van der Waals surface area contributed by atoms with Crippen LogP contribution in [0.2, 0.25) is 5.02 Å². The molecule has 0 amide bonds. The van der Waals surface area contributed by atoms with E-state index in [0.29, 0.717) is 34.2 Å². The predicted octanol–water partition coefficient (Wildman–Crippen LogP) is 6.53. The predicted molar refractivity (Wildman–Crippen MR) is 170 cm³/mol. The molecule has 0 saturated carbocycles. The minimum atomic E-state index is -4.20. The van der Waals surface area contributed by atoms with E-state index in [1.165, 1.54) is 6.92 Å². The molecule has 2 heterocycles. The molecule has 44 heavy (non-hydrogen) atoms. The molecule has 3 atom stereocenters. The molecule has 0 aliphatic heterocycles. The number of nitrogens with two attached hydrogens (primary N) is 1. The third-order valence-corrected chi connectivity index (χ3v) is 8.63. The number of para-hydroxylation sites is 2. The van der Waals surface area contributed by atoms with Gasteiger partial charge in [0.2, 0.25) is 0 Å². The number of carbonyl (C=O) groups excluding carboxylic acids is 1. The zero-order valence-corrected chi connectivity index (χ0v) is 26.1. The largest absolute Gasteiger partial charge is 0.459 e. The lowest BCUT2D eigenvalue weighted by molar-refractivity contribution is -0.136. The number of rotatable bonds is 13. The number of aromatic nitrogens is 3. The van der Waals surface area contributed by atoms with Crippen LogP contribution in [-0.2, 0) is 31.8 Å². The molecule has 5 rings (SSSR count). The SMILES string of the molecule is CCOCc1nc2c(N)nc3ccccc3c2n1C[C@@H](C)OP(=O)(N[C@@H](C)C(=O)Oc1ccccc1)Oc1ccc(Cl)cc1. The number of ether oxygens (including phenoxy) is 2. The Kier molecular flexibility index (Phi) is 9.83. The van der Waals surface area contributed by atoms with E-state index in [2.05, 4.69) is 10.1 Å². The Morgan fingerprint density at radius 3 is 2.43 bits per heavy atom. The number of nitrogen functional groups attached to an aromatic ring is 1. The van der Waals surface area contributed by atoms with Crippen molar-refractivity contribution in [1.29, 1.82) is 0 Å². The average Bonchev–Trinajstić information content (AvgIpc) is 3.36. The molecule has 0 aliphatic carbocycles. The molecule has 11 nitrogen and oxygen atoms in total. The first-order chi connectivity index (χ1) is 21.2. The average molecular weight is 638 g/mol. The van der Waals surface area contributed by atoms with Crippen LogP contribution < -0.4 is 20.1 Å². The smallest absolute Gasteiger partial charge is 0.425 e. The van der Waals surface area contributed by atoms with Gasteiger partial charge in [0.15, 0.2) is 5.82 Å². The van der Waals surface area contributed by atoms with Crippen LogP contribution in [0.1, 0.15) is 26.6 Å². The van der Waals surface area contributed by atoms with E-state index in [1.807, 2.05) is 35.8 Å². The van der Waals surface area contributed by atoms with Gasteiger partial charge in [0, 0.05) is 17.0 Å². The second-order valence-corrected chi connectivity index (χ2v) is 12.1. The highest BCUT2D eigenvalue weighted by atomic mass is 35.5. The van der Waals surface area contributed by atoms with Gasteiger partial charge in [-0.15, -0.1) is 0 Å². The molecule has 2 aromatic heterocycles. The molecule has 0 bridgehead atoms. The summed E-state index contributed by atoms with van der Waals surface area (Å²) in [6, 6.07) is 21.4. The Hall–Kier alpha value is -3.99. The number of anilines is 1. The maximum atomic E-state index is 14.3. The molecule has 0 aliphatic rings. The van der Waals surface area contributed by atoms with E-state index in [1.54, 1.807) is 61.5 Å². The highest BCUT2D eigenvalue weighted by molar-refractivity contribution is 7.52. The van der Waals surface area contributed by atoms with Gasteiger partial charge in [0.05, 0.1) is 23.7 Å². The van der Waals surface area contributed by atoms with Gasteiger partial charge in [0.1, 0.15) is 35.5 Å². The van der Waals surface area contributed by atoms with E-state index in [9.17, 15) is 9.36 Å². The summed E-state index contributed by atoms with van der Waals surface area (Å²) in [6.07, 6.45) is -0.719. The molecule has 5 aromatic rings. The minimum Gasteiger partial charge on any atom is -0.425 e. The summed E-state index contributed by atoms with van der Waals surface area (Å²) in [5.41, 5.74) is 8.30. The lowest BCUT2D eigenvalue weighted by Gasteiger charge is -2.26. The molecule has 0 radical (unpaired) electrons. The van der Waals surface area contributed by atoms with Gasteiger partial charge in [-0.2, -0.15) is 5.09 Å². The van der Waals surface area contributed by atoms with Crippen molar-refractivity contribution >= 4 is 53.1 Å². The van der Waals surface area contributed by atoms with Gasteiger partial charge in [-0.3, -0.25) is 4.52 Å². The standard InChI is InChI=1S/C31H33ClN5O6P/c1-4-40-19-27-35-28-29(25-12-8-9-13-26(25)34-30(28)33)37(27)18-20(2)42-44(39,43-24-16-14-22(32)15-17-24)36-21(3)31(38)41-23-10-6-5-7-11-23/h5-17,20-21H,4,18-19H2,1-3H3,(H2,33,34)(H,36,39)/t20-,21+,44?/m1/s1. The van der Waals surface area contributed by atoms with E-state index < -0.39 is 25.9 Å². The van der Waals surface area contributed by atoms with E-state index >= 15 is 0 Å². The molecule has 0 saturated heterocycles. The first-order valence-corrected chi connectivity index (χ1v) is 16.0. The van der Waals surface area contributed by atoms with Crippen molar-refractivity contribution in [1.82, 2.24) is 19.6 Å². The van der Waals surface area contributed by atoms with Crippen LogP contribution in [-0.4, -0.2) is 39.3 Å². The van der Waals surface area contributed by atoms with E-state index in [4.69, 9.17) is 40.8 Å². The summed E-state index contributed by atoms with van der Waals surface area (Å²) >= 11 is 6.04. The Morgan fingerprint density at radius 2 is 1.70 bits per heavy atom. The maximum absolute atomic E-state index is 14.3. The third kappa shape index (κ3) is 7.38.